The van der Waals surface area contributed by atoms with Gasteiger partial charge in [-0.2, -0.15) is 8.78 Å². The summed E-state index contributed by atoms with van der Waals surface area (Å²) in [4.78, 5) is 0. The fraction of sp³-hybridized carbons (Fsp3) is 0.263. The van der Waals surface area contributed by atoms with Crippen LogP contribution in [0.5, 0.6) is 11.5 Å². The maximum atomic E-state index is 14.0. The van der Waals surface area contributed by atoms with Crippen LogP contribution >= 0.6 is 0 Å². The van der Waals surface area contributed by atoms with Gasteiger partial charge in [0.25, 0.3) is 6.08 Å². The third kappa shape index (κ3) is 4.39. The number of ether oxygens (including phenoxy) is 2. The SMILES string of the molecule is COc1ccc(C(=C(F)F)N(c2ccc(OC)cc2)[Si](C)(C)C)cc1. The van der Waals surface area contributed by atoms with E-state index in [4.69, 9.17) is 9.47 Å². The molecule has 2 rings (SSSR count). The lowest BCUT2D eigenvalue weighted by molar-refractivity contribution is 0.414. The minimum atomic E-state index is -2.16. The summed E-state index contributed by atoms with van der Waals surface area (Å²) in [5, 5.41) is 0. The highest BCUT2D eigenvalue weighted by Crippen LogP contribution is 2.36. The van der Waals surface area contributed by atoms with Gasteiger partial charge in [-0.25, -0.2) is 0 Å². The molecule has 134 valence electrons. The first kappa shape index (κ1) is 19.0. The van der Waals surface area contributed by atoms with E-state index >= 15 is 0 Å². The summed E-state index contributed by atoms with van der Waals surface area (Å²) in [6.07, 6.45) is -1.71. The molecular formula is C19H23F2NO2Si. The number of nitrogens with zero attached hydrogens (tertiary/aromatic N) is 1. The summed E-state index contributed by atoms with van der Waals surface area (Å²) in [6.45, 7) is 6.09. The van der Waals surface area contributed by atoms with Gasteiger partial charge in [-0.15, -0.1) is 0 Å². The molecule has 0 aromatic heterocycles. The zero-order valence-corrected chi connectivity index (χ0v) is 16.1. The zero-order chi connectivity index (χ0) is 18.6. The first-order valence-electron chi connectivity index (χ1n) is 7.92. The Labute approximate surface area is 148 Å². The fourth-order valence-electron chi connectivity index (χ4n) is 2.65. The molecule has 0 atom stereocenters. The van der Waals surface area contributed by atoms with E-state index in [0.29, 0.717) is 17.1 Å². The van der Waals surface area contributed by atoms with E-state index in [1.165, 1.54) is 0 Å². The molecule has 0 fully saturated rings. The average Bonchev–Trinajstić information content (AvgIpc) is 2.58. The molecule has 0 heterocycles. The molecule has 2 aromatic carbocycles. The van der Waals surface area contributed by atoms with E-state index in [-0.39, 0.29) is 5.70 Å². The van der Waals surface area contributed by atoms with E-state index in [2.05, 4.69) is 0 Å². The molecule has 0 saturated carbocycles. The quantitative estimate of drug-likeness (QED) is 0.623. The Balaban J connectivity index is 2.57. The molecule has 0 aliphatic carbocycles. The topological polar surface area (TPSA) is 21.7 Å². The number of hydrogen-bond acceptors (Lipinski definition) is 3. The number of benzene rings is 2. The van der Waals surface area contributed by atoms with Gasteiger partial charge < -0.3 is 14.0 Å². The van der Waals surface area contributed by atoms with Crippen molar-refractivity contribution in [3.05, 3.63) is 60.2 Å². The normalized spacial score (nSPS) is 11.0. The number of rotatable bonds is 6. The van der Waals surface area contributed by atoms with Gasteiger partial charge in [-0.1, -0.05) is 19.6 Å². The molecule has 0 radical (unpaired) electrons. The molecule has 3 nitrogen and oxygen atoms in total. The summed E-state index contributed by atoms with van der Waals surface area (Å²) < 4.78 is 40.0. The van der Waals surface area contributed by atoms with Gasteiger partial charge >= 0.3 is 0 Å². The van der Waals surface area contributed by atoms with Crippen molar-refractivity contribution < 1.29 is 18.3 Å². The molecule has 0 amide bonds. The van der Waals surface area contributed by atoms with Crippen molar-refractivity contribution in [3.63, 3.8) is 0 Å². The highest BCUT2D eigenvalue weighted by molar-refractivity contribution is 6.81. The molecule has 0 saturated heterocycles. The standard InChI is InChI=1S/C19H23F2NO2Si/c1-23-16-10-6-14(7-11-16)18(19(20)21)22(25(3,4)5)15-8-12-17(24-2)13-9-15/h6-13H,1-5H3. The smallest absolute Gasteiger partial charge is 0.293 e. The molecule has 0 N–H and O–H groups in total. The molecule has 0 unspecified atom stereocenters. The lowest BCUT2D eigenvalue weighted by Crippen LogP contribution is -2.45. The molecule has 25 heavy (non-hydrogen) atoms. The van der Waals surface area contributed by atoms with Crippen LogP contribution in [0.3, 0.4) is 0 Å². The first-order chi connectivity index (χ1) is 11.8. The molecule has 2 aromatic rings. The number of anilines is 1. The summed E-state index contributed by atoms with van der Waals surface area (Å²) in [5.41, 5.74) is 1.12. The molecule has 6 heteroatoms. The van der Waals surface area contributed by atoms with Gasteiger partial charge in [0.05, 0.1) is 14.2 Å². The minimum Gasteiger partial charge on any atom is -0.497 e. The van der Waals surface area contributed by atoms with Gasteiger partial charge in [0.1, 0.15) is 17.2 Å². The van der Waals surface area contributed by atoms with Gasteiger partial charge in [0.15, 0.2) is 8.24 Å². The average molecular weight is 363 g/mol. The second-order valence-electron chi connectivity index (χ2n) is 6.54. The van der Waals surface area contributed by atoms with E-state index in [9.17, 15) is 8.78 Å². The number of halogens is 2. The lowest BCUT2D eigenvalue weighted by Gasteiger charge is -2.37. The number of hydrogen-bond donors (Lipinski definition) is 0. The monoisotopic (exact) mass is 363 g/mol. The van der Waals surface area contributed by atoms with Crippen LogP contribution in [0.2, 0.25) is 19.6 Å². The van der Waals surface area contributed by atoms with Crippen LogP contribution in [0.4, 0.5) is 14.5 Å². The summed E-state index contributed by atoms with van der Waals surface area (Å²) in [7, 11) is 0.965. The van der Waals surface area contributed by atoms with Crippen molar-refractivity contribution in [2.75, 3.05) is 18.8 Å². The van der Waals surface area contributed by atoms with Crippen LogP contribution < -0.4 is 14.0 Å². The molecular weight excluding hydrogens is 340 g/mol. The van der Waals surface area contributed by atoms with Gasteiger partial charge in [-0.3, -0.25) is 0 Å². The van der Waals surface area contributed by atoms with Crippen molar-refractivity contribution >= 4 is 19.6 Å². The Hall–Kier alpha value is -2.34. The number of methoxy groups -OCH3 is 2. The Morgan fingerprint density at radius 2 is 1.24 bits per heavy atom. The van der Waals surface area contributed by atoms with Gasteiger partial charge in [-0.05, 0) is 48.5 Å². The Kier molecular flexibility index (Phi) is 5.84. The van der Waals surface area contributed by atoms with Crippen molar-refractivity contribution in [1.82, 2.24) is 0 Å². The molecule has 0 aliphatic rings. The highest BCUT2D eigenvalue weighted by atomic mass is 28.3. The maximum absolute atomic E-state index is 14.0. The zero-order valence-electron chi connectivity index (χ0n) is 15.1. The summed E-state index contributed by atoms with van der Waals surface area (Å²) in [6, 6.07) is 13.9. The Bertz CT molecular complexity index is 734. The summed E-state index contributed by atoms with van der Waals surface area (Å²) in [5.74, 6) is 1.32. The Morgan fingerprint density at radius 3 is 1.60 bits per heavy atom. The van der Waals surface area contributed by atoms with Crippen LogP contribution in [-0.4, -0.2) is 22.5 Å². The fourth-order valence-corrected chi connectivity index (χ4v) is 4.46. The van der Waals surface area contributed by atoms with Crippen molar-refractivity contribution in [1.29, 1.82) is 0 Å². The van der Waals surface area contributed by atoms with Crippen LogP contribution in [0.1, 0.15) is 5.56 Å². The van der Waals surface area contributed by atoms with Crippen LogP contribution in [0, 0.1) is 0 Å². The third-order valence-corrected chi connectivity index (χ3v) is 5.59. The van der Waals surface area contributed by atoms with Crippen molar-refractivity contribution in [3.8, 4) is 11.5 Å². The predicted octanol–water partition coefficient (Wildman–Crippen LogP) is 5.61. The lowest BCUT2D eigenvalue weighted by atomic mass is 10.1. The van der Waals surface area contributed by atoms with E-state index in [1.54, 1.807) is 55.2 Å². The molecule has 0 bridgehead atoms. The van der Waals surface area contributed by atoms with Crippen LogP contribution in [0.25, 0.3) is 5.70 Å². The molecule has 0 aliphatic heterocycles. The largest absolute Gasteiger partial charge is 0.497 e. The predicted molar refractivity (Wildman–Crippen MR) is 101 cm³/mol. The third-order valence-electron chi connectivity index (χ3n) is 3.77. The maximum Gasteiger partial charge on any atom is 0.293 e. The van der Waals surface area contributed by atoms with Gasteiger partial charge in [0.2, 0.25) is 0 Å². The summed E-state index contributed by atoms with van der Waals surface area (Å²) >= 11 is 0. The molecule has 0 spiro atoms. The Morgan fingerprint density at radius 1 is 0.800 bits per heavy atom. The highest BCUT2D eigenvalue weighted by Gasteiger charge is 2.31. The minimum absolute atomic E-state index is 0.0630. The van der Waals surface area contributed by atoms with Gasteiger partial charge in [0, 0.05) is 11.3 Å². The first-order valence-corrected chi connectivity index (χ1v) is 11.4. The van der Waals surface area contributed by atoms with E-state index < -0.39 is 14.3 Å². The second kappa shape index (κ2) is 7.69. The van der Waals surface area contributed by atoms with Crippen molar-refractivity contribution in [2.45, 2.75) is 19.6 Å². The van der Waals surface area contributed by atoms with E-state index in [0.717, 1.165) is 5.69 Å². The second-order valence-corrected chi connectivity index (χ2v) is 11.3. The van der Waals surface area contributed by atoms with Crippen molar-refractivity contribution in [2.24, 2.45) is 0 Å². The van der Waals surface area contributed by atoms with Crippen LogP contribution in [0.15, 0.2) is 54.6 Å². The van der Waals surface area contributed by atoms with Crippen LogP contribution in [-0.2, 0) is 0 Å². The van der Waals surface area contributed by atoms with E-state index in [1.807, 2.05) is 31.8 Å².